The summed E-state index contributed by atoms with van der Waals surface area (Å²) >= 11 is 0. The van der Waals surface area contributed by atoms with Gasteiger partial charge in [0.05, 0.1) is 24.0 Å². The van der Waals surface area contributed by atoms with Crippen molar-refractivity contribution >= 4 is 34.8 Å². The van der Waals surface area contributed by atoms with Gasteiger partial charge >= 0.3 is 0 Å². The molecule has 0 aliphatic rings. The van der Waals surface area contributed by atoms with E-state index in [0.717, 1.165) is 11.8 Å². The van der Waals surface area contributed by atoms with Crippen LogP contribution in [0, 0.1) is 12.7 Å². The van der Waals surface area contributed by atoms with Crippen LogP contribution < -0.4 is 21.3 Å². The van der Waals surface area contributed by atoms with Crippen molar-refractivity contribution in [1.29, 1.82) is 0 Å². The maximum absolute atomic E-state index is 13.1. The SMILES string of the molecule is CNC(=O)c1cnc(Nc2ccc(F)cn2)cc1Nc1ccc(C(=O)NCC(OC)OC)cc1C. The Morgan fingerprint density at radius 1 is 0.943 bits per heavy atom. The molecule has 0 spiro atoms. The van der Waals surface area contributed by atoms with Gasteiger partial charge in [0, 0.05) is 44.8 Å². The second-order valence-electron chi connectivity index (χ2n) is 7.45. The molecule has 2 heterocycles. The van der Waals surface area contributed by atoms with Gasteiger partial charge in [-0.05, 0) is 42.8 Å². The zero-order valence-corrected chi connectivity index (χ0v) is 19.8. The summed E-state index contributed by atoms with van der Waals surface area (Å²) in [6.45, 7) is 2.05. The molecular weight excluding hydrogens is 455 g/mol. The molecule has 10 nitrogen and oxygen atoms in total. The zero-order chi connectivity index (χ0) is 25.4. The van der Waals surface area contributed by atoms with Gasteiger partial charge in [0.25, 0.3) is 11.8 Å². The average molecular weight is 483 g/mol. The van der Waals surface area contributed by atoms with E-state index in [1.54, 1.807) is 24.3 Å². The monoisotopic (exact) mass is 482 g/mol. The molecule has 0 unspecified atom stereocenters. The number of carbonyl (C=O) groups is 2. The van der Waals surface area contributed by atoms with E-state index in [-0.39, 0.29) is 18.4 Å². The number of amides is 2. The maximum atomic E-state index is 13.1. The lowest BCUT2D eigenvalue weighted by atomic mass is 10.1. The molecule has 0 atom stereocenters. The minimum atomic E-state index is -0.538. The number of hydrogen-bond donors (Lipinski definition) is 4. The molecule has 4 N–H and O–H groups in total. The van der Waals surface area contributed by atoms with Gasteiger partial charge in [-0.2, -0.15) is 0 Å². The van der Waals surface area contributed by atoms with Gasteiger partial charge in [-0.1, -0.05) is 0 Å². The highest BCUT2D eigenvalue weighted by molar-refractivity contribution is 6.00. The number of benzene rings is 1. The molecule has 0 saturated carbocycles. The third kappa shape index (κ3) is 6.71. The summed E-state index contributed by atoms with van der Waals surface area (Å²) in [5, 5.41) is 11.6. The van der Waals surface area contributed by atoms with E-state index in [4.69, 9.17) is 9.47 Å². The summed E-state index contributed by atoms with van der Waals surface area (Å²) in [7, 11) is 4.51. The lowest BCUT2D eigenvalue weighted by molar-refractivity contribution is -0.0974. The van der Waals surface area contributed by atoms with Gasteiger partial charge in [-0.25, -0.2) is 14.4 Å². The highest BCUT2D eigenvalue weighted by Gasteiger charge is 2.15. The molecule has 1 aromatic carbocycles. The zero-order valence-electron chi connectivity index (χ0n) is 19.8. The summed E-state index contributed by atoms with van der Waals surface area (Å²) < 4.78 is 23.3. The molecule has 3 rings (SSSR count). The average Bonchev–Trinajstić information content (AvgIpc) is 2.86. The van der Waals surface area contributed by atoms with Gasteiger partial charge in [0.2, 0.25) is 0 Å². The highest BCUT2D eigenvalue weighted by Crippen LogP contribution is 2.27. The third-order valence-corrected chi connectivity index (χ3v) is 5.07. The van der Waals surface area contributed by atoms with Gasteiger partial charge in [-0.15, -0.1) is 0 Å². The van der Waals surface area contributed by atoms with Crippen LogP contribution >= 0.6 is 0 Å². The number of anilines is 4. The molecular formula is C24H27FN6O4. The number of hydrogen-bond acceptors (Lipinski definition) is 8. The van der Waals surface area contributed by atoms with Crippen LogP contribution in [0.4, 0.5) is 27.4 Å². The van der Waals surface area contributed by atoms with E-state index in [0.29, 0.717) is 34.1 Å². The van der Waals surface area contributed by atoms with Crippen molar-refractivity contribution in [2.75, 3.05) is 38.4 Å². The highest BCUT2D eigenvalue weighted by atomic mass is 19.1. The second-order valence-corrected chi connectivity index (χ2v) is 7.45. The van der Waals surface area contributed by atoms with Crippen molar-refractivity contribution in [3.63, 3.8) is 0 Å². The predicted octanol–water partition coefficient (Wildman–Crippen LogP) is 3.12. The van der Waals surface area contributed by atoms with Gasteiger partial charge in [-0.3, -0.25) is 9.59 Å². The Morgan fingerprint density at radius 3 is 2.31 bits per heavy atom. The van der Waals surface area contributed by atoms with Crippen LogP contribution in [0.3, 0.4) is 0 Å². The van der Waals surface area contributed by atoms with Gasteiger partial charge in [0.1, 0.15) is 17.5 Å². The third-order valence-electron chi connectivity index (χ3n) is 5.07. The number of aryl methyl sites for hydroxylation is 1. The number of carbonyl (C=O) groups excluding carboxylic acids is 2. The van der Waals surface area contributed by atoms with E-state index < -0.39 is 12.1 Å². The van der Waals surface area contributed by atoms with E-state index in [9.17, 15) is 14.0 Å². The largest absolute Gasteiger partial charge is 0.355 e. The van der Waals surface area contributed by atoms with Crippen LogP contribution in [-0.4, -0.2) is 55.9 Å². The Morgan fingerprint density at radius 2 is 1.69 bits per heavy atom. The molecule has 2 aromatic heterocycles. The van der Waals surface area contributed by atoms with Crippen molar-refractivity contribution in [3.05, 3.63) is 71.3 Å². The molecule has 3 aromatic rings. The fourth-order valence-corrected chi connectivity index (χ4v) is 3.15. The number of nitrogens with one attached hydrogen (secondary N) is 4. The van der Waals surface area contributed by atoms with E-state index in [1.165, 1.54) is 39.6 Å². The summed E-state index contributed by atoms with van der Waals surface area (Å²) in [6.07, 6.45) is 1.97. The lowest BCUT2D eigenvalue weighted by Crippen LogP contribution is -2.34. The molecule has 0 bridgehead atoms. The summed E-state index contributed by atoms with van der Waals surface area (Å²) in [5.41, 5.74) is 2.73. The molecule has 0 fully saturated rings. The van der Waals surface area contributed by atoms with Crippen LogP contribution in [0.5, 0.6) is 0 Å². The fourth-order valence-electron chi connectivity index (χ4n) is 3.15. The van der Waals surface area contributed by atoms with Crippen molar-refractivity contribution in [2.24, 2.45) is 0 Å². The number of ether oxygens (including phenoxy) is 2. The number of rotatable bonds is 10. The molecule has 0 radical (unpaired) electrons. The first-order valence-electron chi connectivity index (χ1n) is 10.7. The van der Waals surface area contributed by atoms with Crippen molar-refractivity contribution in [3.8, 4) is 0 Å². The first kappa shape index (κ1) is 25.5. The van der Waals surface area contributed by atoms with Crippen LogP contribution in [0.15, 0.2) is 48.8 Å². The number of methoxy groups -OCH3 is 2. The quantitative estimate of drug-likeness (QED) is 0.325. The predicted molar refractivity (Wildman–Crippen MR) is 130 cm³/mol. The second kappa shape index (κ2) is 11.9. The Labute approximate surface area is 202 Å². The Balaban J connectivity index is 1.82. The molecule has 35 heavy (non-hydrogen) atoms. The molecule has 0 aliphatic heterocycles. The van der Waals surface area contributed by atoms with Crippen LogP contribution in [0.25, 0.3) is 0 Å². The summed E-state index contributed by atoms with van der Waals surface area (Å²) in [5.74, 6) is -0.254. The standard InChI is InChI=1S/C24H27FN6O4/c1-14-9-15(23(32)29-13-22(34-3)35-4)5-7-18(14)30-19-10-21(28-12-17(19)24(33)26-2)31-20-8-6-16(25)11-27-20/h5-12,22H,13H2,1-4H3,(H,26,33)(H,29,32)(H2,27,28,30,31). The molecule has 0 aliphatic carbocycles. The minimum absolute atomic E-state index is 0.204. The molecule has 11 heteroatoms. The molecule has 184 valence electrons. The topological polar surface area (TPSA) is 126 Å². The van der Waals surface area contributed by atoms with E-state index in [2.05, 4.69) is 31.2 Å². The summed E-state index contributed by atoms with van der Waals surface area (Å²) in [6, 6.07) is 9.55. The van der Waals surface area contributed by atoms with Crippen molar-refractivity contribution < 1.29 is 23.5 Å². The first-order valence-corrected chi connectivity index (χ1v) is 10.7. The van der Waals surface area contributed by atoms with E-state index in [1.807, 2.05) is 6.92 Å². The van der Waals surface area contributed by atoms with Crippen molar-refractivity contribution in [2.45, 2.75) is 13.2 Å². The van der Waals surface area contributed by atoms with Gasteiger partial charge in [0.15, 0.2) is 6.29 Å². The van der Waals surface area contributed by atoms with Gasteiger partial charge < -0.3 is 30.7 Å². The Hall–Kier alpha value is -4.09. The fraction of sp³-hybridized carbons (Fsp3) is 0.250. The molecule has 0 saturated heterocycles. The summed E-state index contributed by atoms with van der Waals surface area (Å²) in [4.78, 5) is 33.1. The van der Waals surface area contributed by atoms with Crippen LogP contribution in [-0.2, 0) is 9.47 Å². The maximum Gasteiger partial charge on any atom is 0.254 e. The number of halogens is 1. The van der Waals surface area contributed by atoms with Crippen molar-refractivity contribution in [1.82, 2.24) is 20.6 Å². The molecule has 2 amide bonds. The van der Waals surface area contributed by atoms with E-state index >= 15 is 0 Å². The van der Waals surface area contributed by atoms with Crippen LogP contribution in [0.2, 0.25) is 0 Å². The normalized spacial score (nSPS) is 10.7. The number of nitrogens with zero attached hydrogens (tertiary/aromatic N) is 2. The first-order chi connectivity index (χ1) is 16.8. The minimum Gasteiger partial charge on any atom is -0.355 e. The smallest absolute Gasteiger partial charge is 0.254 e. The lowest BCUT2D eigenvalue weighted by Gasteiger charge is -2.16. The van der Waals surface area contributed by atoms with Crippen LogP contribution in [0.1, 0.15) is 26.3 Å². The number of aromatic nitrogens is 2. The Kier molecular flexibility index (Phi) is 8.65. The Bertz CT molecular complexity index is 1190. The number of pyridine rings is 2.